The van der Waals surface area contributed by atoms with E-state index in [0.29, 0.717) is 10.7 Å². The zero-order chi connectivity index (χ0) is 13.2. The molecule has 0 heterocycles. The van der Waals surface area contributed by atoms with Crippen LogP contribution in [0, 0.1) is 0 Å². The number of hydrogen-bond donors (Lipinski definition) is 1. The van der Waals surface area contributed by atoms with E-state index < -0.39 is 24.5 Å². The highest BCUT2D eigenvalue weighted by Crippen LogP contribution is 2.25. The lowest BCUT2D eigenvalue weighted by Gasteiger charge is -2.32. The Kier molecular flexibility index (Phi) is 4.88. The molecule has 0 fully saturated rings. The number of carbonyl (C=O) groups excluding carboxylic acids is 1. The van der Waals surface area contributed by atoms with Crippen LogP contribution >= 0.6 is 0 Å². The molecule has 5 heteroatoms. The van der Waals surface area contributed by atoms with Crippen LogP contribution in [0.2, 0.25) is 38.4 Å². The Morgan fingerprint density at radius 2 is 1.56 bits per heavy atom. The van der Waals surface area contributed by atoms with Gasteiger partial charge in [0.05, 0.1) is 0 Å². The molecular weight excluding hydrogens is 248 g/mol. The van der Waals surface area contributed by atoms with Gasteiger partial charge in [0.2, 0.25) is 0 Å². The Hall–Kier alpha value is -0.239. The molecule has 1 unspecified atom stereocenters. The summed E-state index contributed by atoms with van der Waals surface area (Å²) in [6.07, 6.45) is 0. The van der Waals surface area contributed by atoms with E-state index in [0.717, 1.165) is 0 Å². The van der Waals surface area contributed by atoms with Crippen molar-refractivity contribution in [2.75, 3.05) is 0 Å². The average molecular weight is 273 g/mol. The van der Waals surface area contributed by atoms with Crippen molar-refractivity contribution in [3.05, 3.63) is 24.6 Å². The second-order valence-electron chi connectivity index (χ2n) is 5.87. The van der Waals surface area contributed by atoms with E-state index in [1.54, 1.807) is 0 Å². The van der Waals surface area contributed by atoms with Crippen LogP contribution in [0.25, 0.3) is 0 Å². The molecule has 0 spiro atoms. The molecule has 0 aromatic carbocycles. The molecule has 0 aliphatic carbocycles. The quantitative estimate of drug-likeness (QED) is 0.754. The Morgan fingerprint density at radius 1 is 1.12 bits per heavy atom. The maximum absolute atomic E-state index is 12.5. The van der Waals surface area contributed by atoms with Gasteiger partial charge in [-0.05, 0) is 18.8 Å². The first-order chi connectivity index (χ1) is 6.98. The molecular formula is C11H24O2Si3. The molecule has 1 atom stereocenters. The molecule has 0 aromatic rings. The largest absolute Gasteiger partial charge is 0.433 e. The van der Waals surface area contributed by atoms with Crippen LogP contribution in [0.15, 0.2) is 24.6 Å². The summed E-state index contributed by atoms with van der Waals surface area (Å²) in [5, 5.41) is 0.347. The summed E-state index contributed by atoms with van der Waals surface area (Å²) in [5.74, 6) is 0. The van der Waals surface area contributed by atoms with Crippen LogP contribution in [0.4, 0.5) is 4.79 Å². The van der Waals surface area contributed by atoms with Crippen LogP contribution < -0.4 is 0 Å². The fourth-order valence-corrected chi connectivity index (χ4v) is 18.0. The van der Waals surface area contributed by atoms with Gasteiger partial charge in [-0.15, -0.1) is 13.2 Å². The Bertz CT molecular complexity index is 305. The molecule has 0 rings (SSSR count). The lowest BCUT2D eigenvalue weighted by atomic mass is 11.3. The second kappa shape index (κ2) is 4.95. The molecule has 0 aromatic heterocycles. The fraction of sp³-hybridized carbons (Fsp3) is 0.545. The van der Waals surface area contributed by atoms with Crippen molar-refractivity contribution >= 4 is 29.5 Å². The van der Waals surface area contributed by atoms with Crippen LogP contribution in [-0.4, -0.2) is 34.3 Å². The van der Waals surface area contributed by atoms with Crippen molar-refractivity contribution in [3.8, 4) is 0 Å². The third kappa shape index (κ3) is 3.97. The third-order valence-electron chi connectivity index (χ3n) is 2.86. The van der Waals surface area contributed by atoms with E-state index >= 15 is 0 Å². The van der Waals surface area contributed by atoms with E-state index in [1.165, 1.54) is 0 Å². The molecule has 0 radical (unpaired) electrons. The lowest BCUT2D eigenvalue weighted by Crippen LogP contribution is -2.55. The smallest absolute Gasteiger partial charge is 0.180 e. The number of carbonyl (C=O) groups is 1. The monoisotopic (exact) mass is 272 g/mol. The SMILES string of the molecule is C=C[Si](C)(C)C(=O)[Si](C)(C=C)C[Si](C)(C)O. The van der Waals surface area contributed by atoms with Crippen molar-refractivity contribution in [1.29, 1.82) is 0 Å². The van der Waals surface area contributed by atoms with Gasteiger partial charge in [-0.3, -0.25) is 0 Å². The molecule has 0 amide bonds. The van der Waals surface area contributed by atoms with Gasteiger partial charge in [0, 0.05) is 0 Å². The topological polar surface area (TPSA) is 37.3 Å². The van der Waals surface area contributed by atoms with E-state index in [-0.39, 0.29) is 0 Å². The van der Waals surface area contributed by atoms with Crippen LogP contribution in [0.1, 0.15) is 0 Å². The molecule has 1 N–H and O–H groups in total. The van der Waals surface area contributed by atoms with Gasteiger partial charge in [0.25, 0.3) is 0 Å². The molecule has 0 aliphatic heterocycles. The summed E-state index contributed by atoms with van der Waals surface area (Å²) in [7, 11) is -6.41. The number of rotatable bonds is 6. The van der Waals surface area contributed by atoms with Gasteiger partial charge in [-0.2, -0.15) is 0 Å². The van der Waals surface area contributed by atoms with Crippen molar-refractivity contribution in [1.82, 2.24) is 0 Å². The van der Waals surface area contributed by atoms with Gasteiger partial charge in [-0.25, -0.2) is 0 Å². The fourth-order valence-electron chi connectivity index (χ4n) is 1.97. The highest BCUT2D eigenvalue weighted by molar-refractivity contribution is 7.36. The predicted octanol–water partition coefficient (Wildman–Crippen LogP) is 3.24. The summed E-state index contributed by atoms with van der Waals surface area (Å²) < 4.78 is 0. The maximum atomic E-state index is 12.5. The summed E-state index contributed by atoms with van der Waals surface area (Å²) in [5.41, 5.74) is 4.33. The standard InChI is InChI=1S/C11H24O2Si3/c1-8-14(3,4)11(12)16(7,9-2)10-15(5,6)13/h8-9,13H,1-2,10H2,3-7H3. The Morgan fingerprint density at radius 3 is 1.81 bits per heavy atom. The normalized spacial score (nSPS) is 16.4. The summed E-state index contributed by atoms with van der Waals surface area (Å²) in [6, 6.07) is 0. The van der Waals surface area contributed by atoms with Crippen LogP contribution in [0.3, 0.4) is 0 Å². The van der Waals surface area contributed by atoms with Crippen molar-refractivity contribution < 1.29 is 9.59 Å². The van der Waals surface area contributed by atoms with E-state index in [4.69, 9.17) is 0 Å². The van der Waals surface area contributed by atoms with Gasteiger partial charge in [-0.1, -0.05) is 31.0 Å². The van der Waals surface area contributed by atoms with E-state index in [2.05, 4.69) is 13.2 Å². The summed E-state index contributed by atoms with van der Waals surface area (Å²) >= 11 is 0. The van der Waals surface area contributed by atoms with Gasteiger partial charge in [0.15, 0.2) is 8.32 Å². The maximum Gasteiger partial charge on any atom is 0.180 e. The van der Waals surface area contributed by atoms with Gasteiger partial charge < -0.3 is 9.59 Å². The third-order valence-corrected chi connectivity index (χ3v) is 17.0. The highest BCUT2D eigenvalue weighted by Gasteiger charge is 2.45. The minimum atomic E-state index is -2.21. The minimum absolute atomic E-state index is 0.347. The minimum Gasteiger partial charge on any atom is -0.433 e. The first kappa shape index (κ1) is 15.8. The van der Waals surface area contributed by atoms with Gasteiger partial charge in [0.1, 0.15) is 21.2 Å². The van der Waals surface area contributed by atoms with Gasteiger partial charge >= 0.3 is 0 Å². The first-order valence-corrected chi connectivity index (χ1v) is 14.5. The van der Waals surface area contributed by atoms with Crippen LogP contribution in [0.5, 0.6) is 0 Å². The zero-order valence-electron chi connectivity index (χ0n) is 11.1. The highest BCUT2D eigenvalue weighted by atomic mass is 28.4. The summed E-state index contributed by atoms with van der Waals surface area (Å²) in [6.45, 7) is 17.4. The van der Waals surface area contributed by atoms with Crippen LogP contribution in [-0.2, 0) is 0 Å². The summed E-state index contributed by atoms with van der Waals surface area (Å²) in [4.78, 5) is 22.6. The lowest BCUT2D eigenvalue weighted by molar-refractivity contribution is 0.272. The van der Waals surface area contributed by atoms with Crippen molar-refractivity contribution in [3.63, 3.8) is 0 Å². The molecule has 0 aliphatic rings. The van der Waals surface area contributed by atoms with Crippen molar-refractivity contribution in [2.24, 2.45) is 0 Å². The first-order valence-electron chi connectivity index (χ1n) is 5.53. The molecule has 0 saturated carbocycles. The Labute approximate surface area is 102 Å². The second-order valence-corrected chi connectivity index (χ2v) is 19.4. The van der Waals surface area contributed by atoms with Crippen molar-refractivity contribution in [2.45, 2.75) is 38.4 Å². The van der Waals surface area contributed by atoms with E-state index in [9.17, 15) is 9.59 Å². The molecule has 16 heavy (non-hydrogen) atoms. The number of hydrogen-bond acceptors (Lipinski definition) is 2. The van der Waals surface area contributed by atoms with E-state index in [1.807, 2.05) is 44.1 Å². The Balaban J connectivity index is 5.20. The molecule has 0 bridgehead atoms. The zero-order valence-corrected chi connectivity index (χ0v) is 14.1. The molecule has 0 saturated heterocycles. The molecule has 92 valence electrons. The predicted molar refractivity (Wildman–Crippen MR) is 79.4 cm³/mol. The average Bonchev–Trinajstić information content (AvgIpc) is 2.14. The molecule has 2 nitrogen and oxygen atoms in total.